The van der Waals surface area contributed by atoms with Crippen LogP contribution in [0.1, 0.15) is 33.7 Å². The van der Waals surface area contributed by atoms with Crippen LogP contribution in [0.25, 0.3) is 0 Å². The Hall–Kier alpha value is -2.23. The lowest BCUT2D eigenvalue weighted by Gasteiger charge is -2.14. The monoisotopic (exact) mass is 269 g/mol. The molecule has 0 unspecified atom stereocenters. The van der Waals surface area contributed by atoms with E-state index in [-0.39, 0.29) is 5.91 Å². The van der Waals surface area contributed by atoms with Crippen molar-refractivity contribution >= 4 is 11.6 Å². The lowest BCUT2D eigenvalue weighted by atomic mass is 10.0. The van der Waals surface area contributed by atoms with Crippen LogP contribution in [-0.2, 0) is 19.3 Å². The van der Waals surface area contributed by atoms with Gasteiger partial charge in [-0.1, -0.05) is 0 Å². The largest absolute Gasteiger partial charge is 0.493 e. The van der Waals surface area contributed by atoms with E-state index in [1.54, 1.807) is 12.1 Å². The Morgan fingerprint density at radius 2 is 2.15 bits per heavy atom. The van der Waals surface area contributed by atoms with Gasteiger partial charge in [-0.15, -0.1) is 0 Å². The van der Waals surface area contributed by atoms with Gasteiger partial charge in [0.1, 0.15) is 5.75 Å². The van der Waals surface area contributed by atoms with Gasteiger partial charge in [-0.05, 0) is 48.6 Å². The average Bonchev–Trinajstić information content (AvgIpc) is 3.19. The molecule has 1 aliphatic carbocycles. The Kier molecular flexibility index (Phi) is 2.55. The maximum Gasteiger partial charge on any atom is 0.291 e. The molecule has 0 atom stereocenters. The number of hydrogen-bond donors (Lipinski definition) is 1. The van der Waals surface area contributed by atoms with E-state index in [4.69, 9.17) is 9.15 Å². The smallest absolute Gasteiger partial charge is 0.291 e. The highest BCUT2D eigenvalue weighted by Crippen LogP contribution is 2.40. The first-order chi connectivity index (χ1) is 9.83. The van der Waals surface area contributed by atoms with Gasteiger partial charge in [0.15, 0.2) is 5.76 Å². The van der Waals surface area contributed by atoms with Crippen molar-refractivity contribution in [2.75, 3.05) is 11.9 Å². The standard InChI is InChI=1S/C16H15NO3/c18-16(13-5-2-7-19-13)17-15-11-4-1-3-10(11)9-14-12(15)6-8-20-14/h2,5,7,9H,1,3-4,6,8H2,(H,17,18). The van der Waals surface area contributed by atoms with E-state index < -0.39 is 0 Å². The number of ether oxygens (including phenoxy) is 1. The van der Waals surface area contributed by atoms with E-state index in [2.05, 4.69) is 11.4 Å². The normalized spacial score (nSPS) is 15.6. The van der Waals surface area contributed by atoms with Gasteiger partial charge in [-0.2, -0.15) is 0 Å². The first-order valence-corrected chi connectivity index (χ1v) is 6.98. The van der Waals surface area contributed by atoms with E-state index in [1.165, 1.54) is 17.4 Å². The highest BCUT2D eigenvalue weighted by atomic mass is 16.5. The number of hydrogen-bond acceptors (Lipinski definition) is 3. The number of rotatable bonds is 2. The number of anilines is 1. The minimum Gasteiger partial charge on any atom is -0.493 e. The fraction of sp³-hybridized carbons (Fsp3) is 0.312. The molecule has 20 heavy (non-hydrogen) atoms. The molecule has 0 bridgehead atoms. The molecular formula is C16H15NO3. The van der Waals surface area contributed by atoms with Crippen LogP contribution in [0.3, 0.4) is 0 Å². The predicted octanol–water partition coefficient (Wildman–Crippen LogP) is 2.96. The maximum atomic E-state index is 12.2. The Balaban J connectivity index is 1.76. The number of aryl methyl sites for hydroxylation is 1. The zero-order chi connectivity index (χ0) is 13.5. The molecular weight excluding hydrogens is 254 g/mol. The second-order valence-electron chi connectivity index (χ2n) is 5.25. The highest BCUT2D eigenvalue weighted by Gasteiger charge is 2.26. The van der Waals surface area contributed by atoms with Crippen molar-refractivity contribution in [1.29, 1.82) is 0 Å². The van der Waals surface area contributed by atoms with Crippen LogP contribution in [-0.4, -0.2) is 12.5 Å². The molecule has 2 aliphatic rings. The molecule has 2 heterocycles. The van der Waals surface area contributed by atoms with Crippen molar-refractivity contribution in [3.63, 3.8) is 0 Å². The molecule has 2 aromatic rings. The first-order valence-electron chi connectivity index (χ1n) is 6.98. The summed E-state index contributed by atoms with van der Waals surface area (Å²) in [6, 6.07) is 5.54. The fourth-order valence-corrected chi connectivity index (χ4v) is 3.14. The number of carbonyl (C=O) groups is 1. The van der Waals surface area contributed by atoms with Gasteiger partial charge in [-0.25, -0.2) is 0 Å². The lowest BCUT2D eigenvalue weighted by molar-refractivity contribution is 0.0996. The summed E-state index contributed by atoms with van der Waals surface area (Å²) in [5, 5.41) is 3.03. The van der Waals surface area contributed by atoms with E-state index in [9.17, 15) is 4.79 Å². The van der Waals surface area contributed by atoms with Gasteiger partial charge in [0.2, 0.25) is 0 Å². The topological polar surface area (TPSA) is 51.5 Å². The average molecular weight is 269 g/mol. The summed E-state index contributed by atoms with van der Waals surface area (Å²) >= 11 is 0. The Morgan fingerprint density at radius 3 is 3.00 bits per heavy atom. The maximum absolute atomic E-state index is 12.2. The molecule has 0 saturated carbocycles. The quantitative estimate of drug-likeness (QED) is 0.912. The zero-order valence-electron chi connectivity index (χ0n) is 11.1. The summed E-state index contributed by atoms with van der Waals surface area (Å²) in [6.07, 6.45) is 5.60. The number of fused-ring (bicyclic) bond motifs is 2. The lowest BCUT2D eigenvalue weighted by Crippen LogP contribution is -2.14. The van der Waals surface area contributed by atoms with E-state index in [0.717, 1.165) is 42.7 Å². The van der Waals surface area contributed by atoms with Crippen molar-refractivity contribution in [1.82, 2.24) is 0 Å². The molecule has 0 radical (unpaired) electrons. The molecule has 1 N–H and O–H groups in total. The van der Waals surface area contributed by atoms with Crippen LogP contribution < -0.4 is 10.1 Å². The molecule has 1 aromatic heterocycles. The molecule has 0 saturated heterocycles. The van der Waals surface area contributed by atoms with E-state index >= 15 is 0 Å². The summed E-state index contributed by atoms with van der Waals surface area (Å²) in [6.45, 7) is 0.696. The molecule has 0 fully saturated rings. The summed E-state index contributed by atoms with van der Waals surface area (Å²) in [5.41, 5.74) is 4.66. The van der Waals surface area contributed by atoms with Crippen molar-refractivity contribution in [2.24, 2.45) is 0 Å². The van der Waals surface area contributed by atoms with Crippen LogP contribution in [0.4, 0.5) is 5.69 Å². The molecule has 4 nitrogen and oxygen atoms in total. The van der Waals surface area contributed by atoms with Crippen LogP contribution in [0.15, 0.2) is 28.9 Å². The number of amides is 1. The summed E-state index contributed by atoms with van der Waals surface area (Å²) in [7, 11) is 0. The van der Waals surface area contributed by atoms with Gasteiger partial charge in [0.25, 0.3) is 5.91 Å². The van der Waals surface area contributed by atoms with Crippen LogP contribution in [0.5, 0.6) is 5.75 Å². The minimum atomic E-state index is -0.190. The zero-order valence-corrected chi connectivity index (χ0v) is 11.1. The fourth-order valence-electron chi connectivity index (χ4n) is 3.14. The Morgan fingerprint density at radius 1 is 1.20 bits per heavy atom. The molecule has 0 spiro atoms. The van der Waals surface area contributed by atoms with Crippen molar-refractivity contribution < 1.29 is 13.9 Å². The number of benzene rings is 1. The molecule has 4 heteroatoms. The third kappa shape index (κ3) is 1.72. The van der Waals surface area contributed by atoms with Gasteiger partial charge in [-0.3, -0.25) is 4.79 Å². The van der Waals surface area contributed by atoms with Crippen molar-refractivity contribution in [2.45, 2.75) is 25.7 Å². The number of furan rings is 1. The first kappa shape index (κ1) is 11.6. The minimum absolute atomic E-state index is 0.190. The van der Waals surface area contributed by atoms with E-state index in [0.29, 0.717) is 12.4 Å². The highest BCUT2D eigenvalue weighted by molar-refractivity contribution is 6.03. The summed E-state index contributed by atoms with van der Waals surface area (Å²) in [5.74, 6) is 1.08. The Bertz CT molecular complexity index is 641. The van der Waals surface area contributed by atoms with Gasteiger partial charge >= 0.3 is 0 Å². The van der Waals surface area contributed by atoms with Crippen molar-refractivity contribution in [3.8, 4) is 5.75 Å². The van der Waals surface area contributed by atoms with Crippen LogP contribution in [0, 0.1) is 0 Å². The van der Waals surface area contributed by atoms with Crippen molar-refractivity contribution in [3.05, 3.63) is 46.9 Å². The summed E-state index contributed by atoms with van der Waals surface area (Å²) in [4.78, 5) is 12.2. The molecule has 102 valence electrons. The van der Waals surface area contributed by atoms with Gasteiger partial charge in [0.05, 0.1) is 18.6 Å². The third-order valence-corrected chi connectivity index (χ3v) is 4.06. The molecule has 1 aromatic carbocycles. The molecule has 4 rings (SSSR count). The van der Waals surface area contributed by atoms with Crippen LogP contribution >= 0.6 is 0 Å². The summed E-state index contributed by atoms with van der Waals surface area (Å²) < 4.78 is 10.8. The number of nitrogens with one attached hydrogen (secondary N) is 1. The molecule has 1 aliphatic heterocycles. The van der Waals surface area contributed by atoms with Gasteiger partial charge in [0, 0.05) is 12.0 Å². The number of carbonyl (C=O) groups excluding carboxylic acids is 1. The SMILES string of the molecule is O=C(Nc1c2c(cc3c1CCO3)CCC2)c1ccco1. The predicted molar refractivity (Wildman–Crippen MR) is 74.3 cm³/mol. The van der Waals surface area contributed by atoms with Gasteiger partial charge < -0.3 is 14.5 Å². The third-order valence-electron chi connectivity index (χ3n) is 4.06. The second kappa shape index (κ2) is 4.40. The van der Waals surface area contributed by atoms with Crippen LogP contribution in [0.2, 0.25) is 0 Å². The van der Waals surface area contributed by atoms with E-state index in [1.807, 2.05) is 0 Å². The second-order valence-corrected chi connectivity index (χ2v) is 5.25. The molecule has 1 amide bonds. The Labute approximate surface area is 116 Å².